The summed E-state index contributed by atoms with van der Waals surface area (Å²) in [5.41, 5.74) is 0. The second kappa shape index (κ2) is 2.02. The van der Waals surface area contributed by atoms with Crippen molar-refractivity contribution in [3.8, 4) is 0 Å². The standard InChI is InChI=1S/C11H18/c1-7-6-9-3-2-8-4-5-10(8)11(7)9/h7-11H,2-6H2,1H3. The van der Waals surface area contributed by atoms with Gasteiger partial charge in [0.1, 0.15) is 0 Å². The molecule has 0 saturated heterocycles. The minimum Gasteiger partial charge on any atom is -0.0622 e. The molecule has 3 rings (SSSR count). The Morgan fingerprint density at radius 1 is 0.909 bits per heavy atom. The van der Waals surface area contributed by atoms with E-state index in [1.54, 1.807) is 32.1 Å². The SMILES string of the molecule is CC1CC2CCC3CCC3C12. The smallest absolute Gasteiger partial charge is 0.0329 e. The summed E-state index contributed by atoms with van der Waals surface area (Å²) in [5, 5.41) is 0. The van der Waals surface area contributed by atoms with Crippen LogP contribution in [0.4, 0.5) is 0 Å². The predicted molar refractivity (Wildman–Crippen MR) is 46.2 cm³/mol. The summed E-state index contributed by atoms with van der Waals surface area (Å²) in [5.74, 6) is 5.82. The third-order valence-electron chi connectivity index (χ3n) is 4.75. The third kappa shape index (κ3) is 0.711. The Kier molecular flexibility index (Phi) is 1.20. The lowest BCUT2D eigenvalue weighted by Crippen LogP contribution is -2.50. The predicted octanol–water partition coefficient (Wildman–Crippen LogP) is 3.08. The van der Waals surface area contributed by atoms with E-state index in [0.717, 1.165) is 5.92 Å². The van der Waals surface area contributed by atoms with E-state index in [1.165, 1.54) is 23.7 Å². The van der Waals surface area contributed by atoms with Crippen LogP contribution >= 0.6 is 0 Å². The molecule has 0 aromatic heterocycles. The fraction of sp³-hybridized carbons (Fsp3) is 1.00. The van der Waals surface area contributed by atoms with Crippen LogP contribution in [0.1, 0.15) is 39.0 Å². The van der Waals surface area contributed by atoms with Crippen LogP contribution < -0.4 is 0 Å². The van der Waals surface area contributed by atoms with E-state index < -0.39 is 0 Å². The van der Waals surface area contributed by atoms with E-state index in [-0.39, 0.29) is 0 Å². The summed E-state index contributed by atoms with van der Waals surface area (Å²) in [6.45, 7) is 2.47. The molecule has 11 heavy (non-hydrogen) atoms. The molecule has 0 radical (unpaired) electrons. The van der Waals surface area contributed by atoms with E-state index in [2.05, 4.69) is 6.92 Å². The average Bonchev–Trinajstić information content (AvgIpc) is 1.94. The highest BCUT2D eigenvalue weighted by atomic mass is 14.6. The van der Waals surface area contributed by atoms with Crippen LogP contribution in [0, 0.1) is 29.6 Å². The van der Waals surface area contributed by atoms with Gasteiger partial charge in [-0.1, -0.05) is 6.92 Å². The molecule has 0 spiro atoms. The summed E-state index contributed by atoms with van der Waals surface area (Å²) in [7, 11) is 0. The molecule has 0 aromatic rings. The van der Waals surface area contributed by atoms with Crippen LogP contribution in [0.2, 0.25) is 0 Å². The Balaban J connectivity index is 1.78. The fourth-order valence-corrected chi connectivity index (χ4v) is 4.03. The van der Waals surface area contributed by atoms with Crippen molar-refractivity contribution < 1.29 is 0 Å². The highest BCUT2D eigenvalue weighted by molar-refractivity contribution is 5.00. The van der Waals surface area contributed by atoms with Gasteiger partial charge in [0.25, 0.3) is 0 Å². The highest BCUT2D eigenvalue weighted by Crippen LogP contribution is 2.59. The van der Waals surface area contributed by atoms with Crippen molar-refractivity contribution in [2.24, 2.45) is 29.6 Å². The number of hydrogen-bond acceptors (Lipinski definition) is 0. The Bertz CT molecular complexity index is 173. The first-order valence-corrected chi connectivity index (χ1v) is 5.36. The number of rotatable bonds is 0. The summed E-state index contributed by atoms with van der Waals surface area (Å²) >= 11 is 0. The molecular formula is C11H18. The molecule has 3 saturated carbocycles. The van der Waals surface area contributed by atoms with E-state index in [9.17, 15) is 0 Å². The van der Waals surface area contributed by atoms with Crippen molar-refractivity contribution >= 4 is 0 Å². The summed E-state index contributed by atoms with van der Waals surface area (Å²) in [4.78, 5) is 0. The maximum Gasteiger partial charge on any atom is -0.0329 e. The highest BCUT2D eigenvalue weighted by Gasteiger charge is 2.51. The first-order chi connectivity index (χ1) is 5.36. The molecule has 5 atom stereocenters. The molecule has 0 nitrogen and oxygen atoms in total. The second-order valence-corrected chi connectivity index (χ2v) is 5.13. The molecule has 0 amide bonds. The summed E-state index contributed by atoms with van der Waals surface area (Å²) < 4.78 is 0. The van der Waals surface area contributed by atoms with Crippen LogP contribution in [0.3, 0.4) is 0 Å². The first kappa shape index (κ1) is 6.51. The van der Waals surface area contributed by atoms with Gasteiger partial charge in [0.2, 0.25) is 0 Å². The molecule has 0 bridgehead atoms. The Morgan fingerprint density at radius 2 is 1.64 bits per heavy atom. The molecule has 0 N–H and O–H groups in total. The summed E-state index contributed by atoms with van der Waals surface area (Å²) in [6.07, 6.45) is 7.87. The lowest BCUT2D eigenvalue weighted by Gasteiger charge is -2.58. The van der Waals surface area contributed by atoms with Crippen molar-refractivity contribution in [1.82, 2.24) is 0 Å². The van der Waals surface area contributed by atoms with Gasteiger partial charge in [0.05, 0.1) is 0 Å². The van der Waals surface area contributed by atoms with Gasteiger partial charge in [0, 0.05) is 0 Å². The van der Waals surface area contributed by atoms with E-state index in [0.29, 0.717) is 0 Å². The lowest BCUT2D eigenvalue weighted by molar-refractivity contribution is -0.0864. The maximum absolute atomic E-state index is 2.47. The normalized spacial score (nSPS) is 60.3. The zero-order valence-electron chi connectivity index (χ0n) is 7.42. The zero-order chi connectivity index (χ0) is 7.42. The quantitative estimate of drug-likeness (QED) is 0.498. The van der Waals surface area contributed by atoms with E-state index in [4.69, 9.17) is 0 Å². The number of fused-ring (bicyclic) bond motifs is 3. The molecule has 3 aliphatic carbocycles. The van der Waals surface area contributed by atoms with Crippen molar-refractivity contribution in [2.75, 3.05) is 0 Å². The molecule has 0 heteroatoms. The van der Waals surface area contributed by atoms with Gasteiger partial charge in [-0.3, -0.25) is 0 Å². The minimum absolute atomic E-state index is 1.09. The topological polar surface area (TPSA) is 0 Å². The van der Waals surface area contributed by atoms with Gasteiger partial charge in [-0.2, -0.15) is 0 Å². The van der Waals surface area contributed by atoms with Gasteiger partial charge in [-0.15, -0.1) is 0 Å². The van der Waals surface area contributed by atoms with Gasteiger partial charge < -0.3 is 0 Å². The van der Waals surface area contributed by atoms with Crippen molar-refractivity contribution in [2.45, 2.75) is 39.0 Å². The van der Waals surface area contributed by atoms with Crippen LogP contribution in [-0.2, 0) is 0 Å². The van der Waals surface area contributed by atoms with Gasteiger partial charge in [-0.25, -0.2) is 0 Å². The molecule has 0 aliphatic heterocycles. The van der Waals surface area contributed by atoms with E-state index in [1.807, 2.05) is 0 Å². The van der Waals surface area contributed by atoms with Crippen molar-refractivity contribution in [3.05, 3.63) is 0 Å². The molecule has 3 aliphatic rings. The molecule has 0 aromatic carbocycles. The van der Waals surface area contributed by atoms with Crippen LogP contribution in [0.5, 0.6) is 0 Å². The van der Waals surface area contributed by atoms with Crippen LogP contribution in [0.15, 0.2) is 0 Å². The maximum atomic E-state index is 2.47. The van der Waals surface area contributed by atoms with Gasteiger partial charge >= 0.3 is 0 Å². The largest absolute Gasteiger partial charge is 0.0622 e. The Morgan fingerprint density at radius 3 is 2.18 bits per heavy atom. The van der Waals surface area contributed by atoms with Crippen LogP contribution in [-0.4, -0.2) is 0 Å². The minimum atomic E-state index is 1.09. The second-order valence-electron chi connectivity index (χ2n) is 5.13. The molecule has 0 heterocycles. The fourth-order valence-electron chi connectivity index (χ4n) is 4.03. The van der Waals surface area contributed by atoms with Crippen molar-refractivity contribution in [1.29, 1.82) is 0 Å². The number of hydrogen-bond donors (Lipinski definition) is 0. The molecule has 5 unspecified atom stereocenters. The third-order valence-corrected chi connectivity index (χ3v) is 4.75. The van der Waals surface area contributed by atoms with Gasteiger partial charge in [0.15, 0.2) is 0 Å². The Labute approximate surface area is 69.4 Å². The van der Waals surface area contributed by atoms with E-state index >= 15 is 0 Å². The summed E-state index contributed by atoms with van der Waals surface area (Å²) in [6, 6.07) is 0. The van der Waals surface area contributed by atoms with Crippen molar-refractivity contribution in [3.63, 3.8) is 0 Å². The average molecular weight is 150 g/mol. The molecule has 62 valence electrons. The Hall–Kier alpha value is 0. The van der Waals surface area contributed by atoms with Crippen LogP contribution in [0.25, 0.3) is 0 Å². The molecular weight excluding hydrogens is 132 g/mol. The lowest BCUT2D eigenvalue weighted by atomic mass is 9.47. The first-order valence-electron chi connectivity index (χ1n) is 5.36. The zero-order valence-corrected chi connectivity index (χ0v) is 7.42. The van der Waals surface area contributed by atoms with Gasteiger partial charge in [-0.05, 0) is 61.7 Å². The molecule has 3 fully saturated rings. The monoisotopic (exact) mass is 150 g/mol.